The Labute approximate surface area is 137 Å². The zero-order chi connectivity index (χ0) is 16.7. The molecular weight excluding hydrogens is 304 g/mol. The number of rotatable bonds is 3. The Hall–Kier alpha value is -3.41. The predicted molar refractivity (Wildman–Crippen MR) is 92.4 cm³/mol. The van der Waals surface area contributed by atoms with Crippen molar-refractivity contribution in [3.8, 4) is 11.3 Å². The van der Waals surface area contributed by atoms with E-state index in [0.717, 1.165) is 27.9 Å². The van der Waals surface area contributed by atoms with Crippen molar-refractivity contribution in [3.63, 3.8) is 0 Å². The van der Waals surface area contributed by atoms with E-state index in [-0.39, 0.29) is 5.56 Å². The third-order valence-corrected chi connectivity index (χ3v) is 3.96. The molecule has 0 bridgehead atoms. The number of hydrogen-bond donors (Lipinski definition) is 2. The van der Waals surface area contributed by atoms with Crippen molar-refractivity contribution in [2.24, 2.45) is 0 Å². The summed E-state index contributed by atoms with van der Waals surface area (Å²) in [5.41, 5.74) is 4.45. The molecule has 0 radical (unpaired) electrons. The highest BCUT2D eigenvalue weighted by molar-refractivity contribution is 5.88. The molecule has 0 aliphatic carbocycles. The molecule has 118 valence electrons. The van der Waals surface area contributed by atoms with Gasteiger partial charge in [0.15, 0.2) is 11.5 Å². The molecule has 0 aliphatic rings. The monoisotopic (exact) mass is 318 g/mol. The van der Waals surface area contributed by atoms with Crippen LogP contribution in [0.4, 0.5) is 5.82 Å². The van der Waals surface area contributed by atoms with Gasteiger partial charge in [0.1, 0.15) is 0 Å². The number of hydrogen-bond acceptors (Lipinski definition) is 4. The second-order valence-corrected chi connectivity index (χ2v) is 5.40. The number of fused-ring (bicyclic) bond motifs is 3. The summed E-state index contributed by atoms with van der Waals surface area (Å²) in [5.74, 6) is -0.244. The highest BCUT2D eigenvalue weighted by Crippen LogP contribution is 2.26. The summed E-state index contributed by atoms with van der Waals surface area (Å²) in [6.07, 6.45) is 1.94. The minimum absolute atomic E-state index is 0.255. The molecule has 6 nitrogen and oxygen atoms in total. The van der Waals surface area contributed by atoms with Crippen LogP contribution in [0, 0.1) is 0 Å². The molecule has 0 saturated heterocycles. The molecule has 0 spiro atoms. The maximum atomic E-state index is 11.0. The van der Waals surface area contributed by atoms with Crippen molar-refractivity contribution in [3.05, 3.63) is 60.3 Å². The highest BCUT2D eigenvalue weighted by Gasteiger charge is 2.12. The zero-order valence-corrected chi connectivity index (χ0v) is 12.9. The smallest absolute Gasteiger partial charge is 0.335 e. The van der Waals surface area contributed by atoms with E-state index in [1.54, 1.807) is 24.3 Å². The average molecular weight is 318 g/mol. The second kappa shape index (κ2) is 5.34. The minimum atomic E-state index is -0.941. The SMILES string of the molecule is CNc1nc2ccccc2n2cc(-c3ccc(C(=O)O)cc3)nc12. The third kappa shape index (κ3) is 2.16. The quantitative estimate of drug-likeness (QED) is 0.606. The molecule has 2 aromatic carbocycles. The lowest BCUT2D eigenvalue weighted by atomic mass is 10.1. The van der Waals surface area contributed by atoms with Crippen LogP contribution < -0.4 is 5.32 Å². The van der Waals surface area contributed by atoms with Crippen LogP contribution in [0.15, 0.2) is 54.7 Å². The van der Waals surface area contributed by atoms with E-state index in [2.05, 4.69) is 15.3 Å². The first kappa shape index (κ1) is 14.2. The number of nitrogens with one attached hydrogen (secondary N) is 1. The van der Waals surface area contributed by atoms with E-state index in [1.165, 1.54) is 0 Å². The van der Waals surface area contributed by atoms with Crippen molar-refractivity contribution in [1.29, 1.82) is 0 Å². The normalized spacial score (nSPS) is 11.0. The Morgan fingerprint density at radius 2 is 1.83 bits per heavy atom. The molecule has 24 heavy (non-hydrogen) atoms. The summed E-state index contributed by atoms with van der Waals surface area (Å²) >= 11 is 0. The molecule has 2 N–H and O–H groups in total. The first-order valence-corrected chi connectivity index (χ1v) is 7.46. The van der Waals surface area contributed by atoms with Gasteiger partial charge in [-0.3, -0.25) is 4.40 Å². The number of nitrogens with zero attached hydrogens (tertiary/aromatic N) is 3. The van der Waals surface area contributed by atoms with Crippen molar-refractivity contribution in [2.75, 3.05) is 12.4 Å². The van der Waals surface area contributed by atoms with Crippen molar-refractivity contribution < 1.29 is 9.90 Å². The van der Waals surface area contributed by atoms with E-state index >= 15 is 0 Å². The van der Waals surface area contributed by atoms with Gasteiger partial charge in [-0.25, -0.2) is 14.8 Å². The summed E-state index contributed by atoms with van der Waals surface area (Å²) in [4.78, 5) is 20.2. The summed E-state index contributed by atoms with van der Waals surface area (Å²) in [6.45, 7) is 0. The van der Waals surface area contributed by atoms with Crippen LogP contribution in [0.2, 0.25) is 0 Å². The topological polar surface area (TPSA) is 79.5 Å². The minimum Gasteiger partial charge on any atom is -0.478 e. The van der Waals surface area contributed by atoms with Crippen LogP contribution in [0.1, 0.15) is 10.4 Å². The number of carboxylic acids is 1. The number of para-hydroxylation sites is 2. The first-order valence-electron chi connectivity index (χ1n) is 7.46. The fraction of sp³-hybridized carbons (Fsp3) is 0.0556. The number of anilines is 1. The molecule has 0 amide bonds. The van der Waals surface area contributed by atoms with Gasteiger partial charge in [0.05, 0.1) is 22.3 Å². The van der Waals surface area contributed by atoms with E-state index in [0.29, 0.717) is 5.82 Å². The molecule has 6 heteroatoms. The Morgan fingerprint density at radius 1 is 1.08 bits per heavy atom. The van der Waals surface area contributed by atoms with Crippen molar-refractivity contribution >= 4 is 28.5 Å². The summed E-state index contributed by atoms with van der Waals surface area (Å²) < 4.78 is 1.99. The number of imidazole rings is 1. The lowest BCUT2D eigenvalue weighted by Gasteiger charge is -2.05. The van der Waals surface area contributed by atoms with Crippen molar-refractivity contribution in [1.82, 2.24) is 14.4 Å². The molecule has 4 aromatic rings. The molecule has 2 aromatic heterocycles. The van der Waals surface area contributed by atoms with Crippen LogP contribution in [0.3, 0.4) is 0 Å². The maximum absolute atomic E-state index is 11.0. The van der Waals surface area contributed by atoms with Crippen LogP contribution in [0.25, 0.3) is 27.9 Å². The van der Waals surface area contributed by atoms with Crippen LogP contribution in [0.5, 0.6) is 0 Å². The average Bonchev–Trinajstić information content (AvgIpc) is 3.06. The van der Waals surface area contributed by atoms with Crippen LogP contribution >= 0.6 is 0 Å². The van der Waals surface area contributed by atoms with Gasteiger partial charge >= 0.3 is 5.97 Å². The zero-order valence-electron chi connectivity index (χ0n) is 12.9. The van der Waals surface area contributed by atoms with Gasteiger partial charge in [-0.1, -0.05) is 24.3 Å². The van der Waals surface area contributed by atoms with E-state index in [9.17, 15) is 4.79 Å². The number of carboxylic acid groups (broad SMARTS) is 1. The van der Waals surface area contributed by atoms with Gasteiger partial charge < -0.3 is 10.4 Å². The highest BCUT2D eigenvalue weighted by atomic mass is 16.4. The second-order valence-electron chi connectivity index (χ2n) is 5.40. The lowest BCUT2D eigenvalue weighted by Crippen LogP contribution is -1.98. The Kier molecular flexibility index (Phi) is 3.16. The Bertz CT molecular complexity index is 1070. The fourth-order valence-corrected chi connectivity index (χ4v) is 2.75. The molecule has 4 rings (SSSR count). The van der Waals surface area contributed by atoms with Crippen LogP contribution in [-0.2, 0) is 0 Å². The number of carbonyl (C=O) groups is 1. The maximum Gasteiger partial charge on any atom is 0.335 e. The fourth-order valence-electron chi connectivity index (χ4n) is 2.75. The molecular formula is C18H14N4O2. The molecule has 0 atom stereocenters. The Morgan fingerprint density at radius 3 is 2.54 bits per heavy atom. The standard InChI is InChI=1S/C18H14N4O2/c1-19-16-17-21-14(11-6-8-12(9-7-11)18(23)24)10-22(17)15-5-3-2-4-13(15)20-16/h2-10H,1H3,(H,19,20)(H,23,24). The number of benzene rings is 2. The predicted octanol–water partition coefficient (Wildman–Crippen LogP) is 3.29. The number of aromatic carboxylic acids is 1. The van der Waals surface area contributed by atoms with E-state index < -0.39 is 5.97 Å². The van der Waals surface area contributed by atoms with E-state index in [1.807, 2.05) is 41.9 Å². The molecule has 0 saturated carbocycles. The van der Waals surface area contributed by atoms with Gasteiger partial charge in [0.25, 0.3) is 0 Å². The Balaban J connectivity index is 1.94. The van der Waals surface area contributed by atoms with Gasteiger partial charge in [-0.2, -0.15) is 0 Å². The van der Waals surface area contributed by atoms with Crippen molar-refractivity contribution in [2.45, 2.75) is 0 Å². The van der Waals surface area contributed by atoms with E-state index in [4.69, 9.17) is 5.11 Å². The summed E-state index contributed by atoms with van der Waals surface area (Å²) in [5, 5.41) is 12.1. The molecule has 0 aliphatic heterocycles. The first-order chi connectivity index (χ1) is 11.7. The lowest BCUT2D eigenvalue weighted by molar-refractivity contribution is 0.0697. The van der Waals surface area contributed by atoms with Gasteiger partial charge in [0, 0.05) is 18.8 Å². The van der Waals surface area contributed by atoms with Gasteiger partial charge in [-0.15, -0.1) is 0 Å². The summed E-state index contributed by atoms with van der Waals surface area (Å²) in [6, 6.07) is 14.5. The van der Waals surface area contributed by atoms with Gasteiger partial charge in [-0.05, 0) is 24.3 Å². The number of aromatic nitrogens is 3. The summed E-state index contributed by atoms with van der Waals surface area (Å²) in [7, 11) is 1.81. The molecule has 0 fully saturated rings. The molecule has 2 heterocycles. The van der Waals surface area contributed by atoms with Crippen LogP contribution in [-0.4, -0.2) is 32.5 Å². The van der Waals surface area contributed by atoms with Gasteiger partial charge in [0.2, 0.25) is 0 Å². The molecule has 0 unspecified atom stereocenters. The third-order valence-electron chi connectivity index (χ3n) is 3.96. The largest absolute Gasteiger partial charge is 0.478 e.